The molecule has 2 heterocycles. The van der Waals surface area contributed by atoms with Crippen molar-refractivity contribution in [3.05, 3.63) is 53.9 Å². The van der Waals surface area contributed by atoms with Crippen molar-refractivity contribution < 1.29 is 9.53 Å². The van der Waals surface area contributed by atoms with E-state index in [1.54, 1.807) is 19.2 Å². The first-order valence-electron chi connectivity index (χ1n) is 8.28. The highest BCUT2D eigenvalue weighted by Gasteiger charge is 2.18. The van der Waals surface area contributed by atoms with Crippen LogP contribution in [0.4, 0.5) is 5.69 Å². The van der Waals surface area contributed by atoms with E-state index in [1.807, 2.05) is 30.3 Å². The Balaban J connectivity index is 1.63. The predicted molar refractivity (Wildman–Crippen MR) is 97.0 cm³/mol. The van der Waals surface area contributed by atoms with Gasteiger partial charge in [0.2, 0.25) is 0 Å². The lowest BCUT2D eigenvalue weighted by Crippen LogP contribution is -2.30. The molecule has 0 radical (unpaired) electrons. The number of methoxy groups -OCH3 is 1. The number of ether oxygens (including phenoxy) is 1. The summed E-state index contributed by atoms with van der Waals surface area (Å²) in [5, 5.41) is 2.94. The fourth-order valence-electron chi connectivity index (χ4n) is 3.25. The molecular formula is C19H20N4O2. The fourth-order valence-corrected chi connectivity index (χ4v) is 3.25. The van der Waals surface area contributed by atoms with Gasteiger partial charge in [0.25, 0.3) is 5.91 Å². The molecule has 3 aromatic rings. The molecule has 128 valence electrons. The van der Waals surface area contributed by atoms with E-state index in [1.165, 1.54) is 0 Å². The van der Waals surface area contributed by atoms with E-state index >= 15 is 0 Å². The second-order valence-corrected chi connectivity index (χ2v) is 6.28. The number of hydrogen-bond acceptors (Lipinski definition) is 4. The van der Waals surface area contributed by atoms with E-state index in [0.717, 1.165) is 42.2 Å². The highest BCUT2D eigenvalue weighted by atomic mass is 16.5. The first kappa shape index (κ1) is 15.7. The first-order chi connectivity index (χ1) is 12.2. The van der Waals surface area contributed by atoms with Crippen molar-refractivity contribution in [3.63, 3.8) is 0 Å². The lowest BCUT2D eigenvalue weighted by Gasteiger charge is -2.23. The Morgan fingerprint density at radius 1 is 1.20 bits per heavy atom. The quantitative estimate of drug-likeness (QED) is 0.799. The third-order valence-corrected chi connectivity index (χ3v) is 4.55. The maximum atomic E-state index is 12.5. The molecule has 6 heteroatoms. The van der Waals surface area contributed by atoms with Gasteiger partial charge in [0.15, 0.2) is 0 Å². The summed E-state index contributed by atoms with van der Waals surface area (Å²) < 4.78 is 7.51. The Morgan fingerprint density at radius 3 is 2.88 bits per heavy atom. The van der Waals surface area contributed by atoms with Crippen molar-refractivity contribution in [2.75, 3.05) is 26.0 Å². The molecule has 1 N–H and O–H groups in total. The maximum Gasteiger partial charge on any atom is 0.259 e. The highest BCUT2D eigenvalue weighted by molar-refractivity contribution is 6.06. The molecule has 1 amide bonds. The molecule has 1 aromatic heterocycles. The second-order valence-electron chi connectivity index (χ2n) is 6.28. The molecule has 0 aliphatic carbocycles. The topological polar surface area (TPSA) is 59.4 Å². The van der Waals surface area contributed by atoms with E-state index in [2.05, 4.69) is 21.8 Å². The van der Waals surface area contributed by atoms with Crippen LogP contribution in [-0.2, 0) is 13.1 Å². The minimum atomic E-state index is -0.194. The molecule has 2 aromatic carbocycles. The summed E-state index contributed by atoms with van der Waals surface area (Å²) in [6.45, 7) is 2.80. The zero-order chi connectivity index (χ0) is 17.4. The molecule has 25 heavy (non-hydrogen) atoms. The van der Waals surface area contributed by atoms with Crippen molar-refractivity contribution in [1.29, 1.82) is 0 Å². The van der Waals surface area contributed by atoms with E-state index in [0.29, 0.717) is 11.3 Å². The summed E-state index contributed by atoms with van der Waals surface area (Å²) in [4.78, 5) is 19.5. The zero-order valence-corrected chi connectivity index (χ0v) is 14.3. The van der Waals surface area contributed by atoms with E-state index in [4.69, 9.17) is 9.72 Å². The van der Waals surface area contributed by atoms with Crippen LogP contribution < -0.4 is 10.1 Å². The third-order valence-electron chi connectivity index (χ3n) is 4.55. The monoisotopic (exact) mass is 336 g/mol. The van der Waals surface area contributed by atoms with Gasteiger partial charge in [0.1, 0.15) is 11.6 Å². The van der Waals surface area contributed by atoms with Crippen LogP contribution in [0.15, 0.2) is 42.5 Å². The molecular weight excluding hydrogens is 316 g/mol. The van der Waals surface area contributed by atoms with Crippen molar-refractivity contribution in [1.82, 2.24) is 14.5 Å². The van der Waals surface area contributed by atoms with Gasteiger partial charge in [-0.2, -0.15) is 0 Å². The third kappa shape index (κ3) is 2.85. The van der Waals surface area contributed by atoms with Gasteiger partial charge in [0, 0.05) is 18.8 Å². The molecule has 0 atom stereocenters. The van der Waals surface area contributed by atoms with Crippen LogP contribution in [0.3, 0.4) is 0 Å². The number of carbonyl (C=O) groups excluding carboxylic acids is 1. The summed E-state index contributed by atoms with van der Waals surface area (Å²) in [6.07, 6.45) is 0. The van der Waals surface area contributed by atoms with Crippen molar-refractivity contribution in [2.45, 2.75) is 13.1 Å². The molecule has 0 saturated carbocycles. The number of nitrogens with one attached hydrogen (secondary N) is 1. The normalized spacial score (nSPS) is 14.3. The van der Waals surface area contributed by atoms with Crippen LogP contribution in [0.5, 0.6) is 5.75 Å². The van der Waals surface area contributed by atoms with Gasteiger partial charge in [-0.1, -0.05) is 12.1 Å². The number of para-hydroxylation sites is 1. The Labute approximate surface area is 146 Å². The molecule has 0 bridgehead atoms. The van der Waals surface area contributed by atoms with Gasteiger partial charge < -0.3 is 14.6 Å². The highest BCUT2D eigenvalue weighted by Crippen LogP contribution is 2.24. The average Bonchev–Trinajstić information content (AvgIpc) is 2.98. The molecule has 1 aliphatic heterocycles. The van der Waals surface area contributed by atoms with Crippen LogP contribution in [0.1, 0.15) is 16.2 Å². The van der Waals surface area contributed by atoms with Crippen LogP contribution in [-0.4, -0.2) is 41.1 Å². The lowest BCUT2D eigenvalue weighted by molar-refractivity contribution is 0.102. The summed E-state index contributed by atoms with van der Waals surface area (Å²) in [7, 11) is 3.66. The van der Waals surface area contributed by atoms with Gasteiger partial charge >= 0.3 is 0 Å². The van der Waals surface area contributed by atoms with Crippen LogP contribution in [0.2, 0.25) is 0 Å². The van der Waals surface area contributed by atoms with Crippen LogP contribution >= 0.6 is 0 Å². The summed E-state index contributed by atoms with van der Waals surface area (Å²) in [5.41, 5.74) is 3.25. The molecule has 6 nitrogen and oxygen atoms in total. The zero-order valence-electron chi connectivity index (χ0n) is 14.3. The summed E-state index contributed by atoms with van der Waals surface area (Å²) >= 11 is 0. The number of benzene rings is 2. The SMILES string of the molecule is COc1ccccc1C(=O)Nc1ccc2c(c1)nc1n2CCN(C)C1. The van der Waals surface area contributed by atoms with Crippen molar-refractivity contribution in [3.8, 4) is 5.75 Å². The number of carbonyl (C=O) groups is 1. The number of amides is 1. The Bertz CT molecular complexity index is 948. The molecule has 1 aliphatic rings. The fraction of sp³-hybridized carbons (Fsp3) is 0.263. The van der Waals surface area contributed by atoms with E-state index < -0.39 is 0 Å². The Kier molecular flexibility index (Phi) is 3.89. The molecule has 0 spiro atoms. The predicted octanol–water partition coefficient (Wildman–Crippen LogP) is 2.74. The van der Waals surface area contributed by atoms with Gasteiger partial charge in [-0.25, -0.2) is 4.98 Å². The van der Waals surface area contributed by atoms with Gasteiger partial charge in [-0.3, -0.25) is 9.69 Å². The first-order valence-corrected chi connectivity index (χ1v) is 8.28. The largest absolute Gasteiger partial charge is 0.496 e. The second kappa shape index (κ2) is 6.22. The van der Waals surface area contributed by atoms with Gasteiger partial charge in [-0.15, -0.1) is 0 Å². The number of likely N-dealkylation sites (N-methyl/N-ethyl adjacent to an activating group) is 1. The van der Waals surface area contributed by atoms with Crippen LogP contribution in [0.25, 0.3) is 11.0 Å². The maximum absolute atomic E-state index is 12.5. The number of nitrogens with zero attached hydrogens (tertiary/aromatic N) is 3. The van der Waals surface area contributed by atoms with Crippen LogP contribution in [0, 0.1) is 0 Å². The summed E-state index contributed by atoms with van der Waals surface area (Å²) in [5.74, 6) is 1.43. The number of hydrogen-bond donors (Lipinski definition) is 1. The molecule has 0 saturated heterocycles. The Hall–Kier alpha value is -2.86. The molecule has 0 unspecified atom stereocenters. The van der Waals surface area contributed by atoms with Gasteiger partial charge in [0.05, 0.1) is 30.3 Å². The van der Waals surface area contributed by atoms with Gasteiger partial charge in [-0.05, 0) is 37.4 Å². The molecule has 0 fully saturated rings. The number of imidazole rings is 1. The van der Waals surface area contributed by atoms with Crippen molar-refractivity contribution >= 4 is 22.6 Å². The van der Waals surface area contributed by atoms with E-state index in [-0.39, 0.29) is 5.91 Å². The molecule has 4 rings (SSSR count). The smallest absolute Gasteiger partial charge is 0.259 e. The average molecular weight is 336 g/mol. The minimum Gasteiger partial charge on any atom is -0.496 e. The lowest BCUT2D eigenvalue weighted by atomic mass is 10.2. The number of anilines is 1. The number of fused-ring (bicyclic) bond motifs is 3. The summed E-state index contributed by atoms with van der Waals surface area (Å²) in [6, 6.07) is 13.1. The minimum absolute atomic E-state index is 0.194. The number of aromatic nitrogens is 2. The number of rotatable bonds is 3. The van der Waals surface area contributed by atoms with Crippen molar-refractivity contribution in [2.24, 2.45) is 0 Å². The van der Waals surface area contributed by atoms with E-state index in [9.17, 15) is 4.79 Å². The Morgan fingerprint density at radius 2 is 2.04 bits per heavy atom. The standard InChI is InChI=1S/C19H20N4O2/c1-22-9-10-23-16-8-7-13(11-15(16)21-18(23)12-22)20-19(24)14-5-3-4-6-17(14)25-2/h3-8,11H,9-10,12H2,1-2H3,(H,20,24).